The summed E-state index contributed by atoms with van der Waals surface area (Å²) in [4.78, 5) is 33.4. The van der Waals surface area contributed by atoms with E-state index < -0.39 is 10.7 Å². The molecule has 0 radical (unpaired) electrons. The first-order valence-electron chi connectivity index (χ1n) is 9.10. The van der Waals surface area contributed by atoms with Crippen LogP contribution in [-0.4, -0.2) is 31.9 Å². The quantitative estimate of drug-likeness (QED) is 0.325. The number of non-ortho nitro benzene ring substituents is 1. The molecule has 4 aromatic rings. The van der Waals surface area contributed by atoms with E-state index in [1.807, 2.05) is 10.8 Å². The Morgan fingerprint density at radius 1 is 1.23 bits per heavy atom. The Kier molecular flexibility index (Phi) is 5.48. The molecule has 0 aliphatic carbocycles. The van der Waals surface area contributed by atoms with Crippen molar-refractivity contribution in [1.29, 1.82) is 0 Å². The number of aromatic nitrogens is 3. The van der Waals surface area contributed by atoms with Crippen LogP contribution < -0.4 is 4.90 Å². The first-order valence-corrected chi connectivity index (χ1v) is 9.92. The molecule has 30 heavy (non-hydrogen) atoms. The van der Waals surface area contributed by atoms with Gasteiger partial charge >= 0.3 is 0 Å². The maximum atomic E-state index is 14.1. The van der Waals surface area contributed by atoms with Crippen molar-refractivity contribution in [3.63, 3.8) is 0 Å². The van der Waals surface area contributed by atoms with Gasteiger partial charge in [0.25, 0.3) is 11.6 Å². The summed E-state index contributed by atoms with van der Waals surface area (Å²) < 4.78 is 16.6. The van der Waals surface area contributed by atoms with Crippen LogP contribution in [0.5, 0.6) is 0 Å². The van der Waals surface area contributed by atoms with Crippen molar-refractivity contribution in [2.24, 2.45) is 0 Å². The average molecular weight is 425 g/mol. The lowest BCUT2D eigenvalue weighted by Crippen LogP contribution is -2.32. The normalized spacial score (nSPS) is 11.0. The zero-order valence-corrected chi connectivity index (χ0v) is 16.5. The Hall–Kier alpha value is -3.66. The summed E-state index contributed by atoms with van der Waals surface area (Å²) in [7, 11) is 0. The number of aryl methyl sites for hydroxylation is 1. The van der Waals surface area contributed by atoms with Gasteiger partial charge in [0, 0.05) is 43.2 Å². The van der Waals surface area contributed by atoms with Gasteiger partial charge in [0.05, 0.1) is 16.0 Å². The minimum absolute atomic E-state index is 0.0970. The summed E-state index contributed by atoms with van der Waals surface area (Å²) in [6.45, 7) is 0.985. The van der Waals surface area contributed by atoms with Crippen molar-refractivity contribution in [3.8, 4) is 0 Å². The molecule has 2 aromatic heterocycles. The van der Waals surface area contributed by atoms with Crippen molar-refractivity contribution in [1.82, 2.24) is 14.5 Å². The number of amides is 1. The van der Waals surface area contributed by atoms with Crippen LogP contribution in [0.1, 0.15) is 16.8 Å². The number of nitrogens with zero attached hydrogens (tertiary/aromatic N) is 5. The summed E-state index contributed by atoms with van der Waals surface area (Å²) in [5, 5.41) is 11.3. The second-order valence-corrected chi connectivity index (χ2v) is 7.51. The van der Waals surface area contributed by atoms with Crippen LogP contribution in [0.15, 0.2) is 61.2 Å². The molecule has 2 heterocycles. The molecule has 0 fully saturated rings. The van der Waals surface area contributed by atoms with Crippen molar-refractivity contribution < 1.29 is 14.1 Å². The third-order valence-corrected chi connectivity index (χ3v) is 5.56. The molecule has 1 amide bonds. The molecule has 0 bridgehead atoms. The van der Waals surface area contributed by atoms with Gasteiger partial charge in [0.1, 0.15) is 11.3 Å². The highest BCUT2D eigenvalue weighted by atomic mass is 32.1. The van der Waals surface area contributed by atoms with Crippen LogP contribution in [0.2, 0.25) is 0 Å². The van der Waals surface area contributed by atoms with Gasteiger partial charge < -0.3 is 4.57 Å². The van der Waals surface area contributed by atoms with Crippen molar-refractivity contribution in [2.45, 2.75) is 13.0 Å². The Morgan fingerprint density at radius 3 is 2.70 bits per heavy atom. The molecule has 0 unspecified atom stereocenters. The smallest absolute Gasteiger partial charge is 0.269 e. The van der Waals surface area contributed by atoms with Gasteiger partial charge in [-0.1, -0.05) is 17.4 Å². The standard InChI is InChI=1S/C20H16FN5O3S/c21-16-3-1-4-17-18(16)23-20(30-17)25(11-2-10-24-12-9-22-13-24)19(27)14-5-7-15(8-6-14)26(28)29/h1,3-9,12-13H,2,10-11H2. The first kappa shape index (κ1) is 19.6. The van der Waals surface area contributed by atoms with Crippen LogP contribution in [0.3, 0.4) is 0 Å². The number of carbonyl (C=O) groups excluding carboxylic acids is 1. The zero-order chi connectivity index (χ0) is 21.1. The molecule has 152 valence electrons. The fourth-order valence-corrected chi connectivity index (χ4v) is 4.02. The number of rotatable bonds is 7. The molecule has 0 atom stereocenters. The number of anilines is 1. The van der Waals surface area contributed by atoms with Crippen LogP contribution in [0.25, 0.3) is 10.2 Å². The van der Waals surface area contributed by atoms with E-state index in [4.69, 9.17) is 0 Å². The lowest BCUT2D eigenvalue weighted by molar-refractivity contribution is -0.384. The second-order valence-electron chi connectivity index (χ2n) is 6.50. The number of para-hydroxylation sites is 1. The molecular weight excluding hydrogens is 409 g/mol. The van der Waals surface area contributed by atoms with Crippen LogP contribution in [0.4, 0.5) is 15.2 Å². The molecule has 0 spiro atoms. The van der Waals surface area contributed by atoms with Crippen LogP contribution in [0, 0.1) is 15.9 Å². The number of imidazole rings is 1. The van der Waals surface area contributed by atoms with E-state index in [2.05, 4.69) is 9.97 Å². The molecule has 0 saturated heterocycles. The van der Waals surface area contributed by atoms with Gasteiger partial charge in [0.15, 0.2) is 5.13 Å². The van der Waals surface area contributed by atoms with E-state index in [1.54, 1.807) is 24.7 Å². The van der Waals surface area contributed by atoms with Crippen molar-refractivity contribution >= 4 is 38.3 Å². The summed E-state index contributed by atoms with van der Waals surface area (Å²) in [5.74, 6) is -0.800. The van der Waals surface area contributed by atoms with E-state index in [0.29, 0.717) is 34.9 Å². The second kappa shape index (κ2) is 8.37. The molecule has 0 aliphatic heterocycles. The number of carbonyl (C=O) groups is 1. The lowest BCUT2D eigenvalue weighted by Gasteiger charge is -2.20. The van der Waals surface area contributed by atoms with Gasteiger partial charge in [0.2, 0.25) is 0 Å². The molecule has 0 N–H and O–H groups in total. The summed E-state index contributed by atoms with van der Waals surface area (Å²) in [6.07, 6.45) is 5.81. The SMILES string of the molecule is O=C(c1ccc([N+](=O)[O-])cc1)N(CCCn1ccnc1)c1nc2c(F)cccc2s1. The fourth-order valence-electron chi connectivity index (χ4n) is 3.01. The number of fused-ring (bicyclic) bond motifs is 1. The number of hydrogen-bond acceptors (Lipinski definition) is 6. The minimum atomic E-state index is -0.520. The number of benzene rings is 2. The summed E-state index contributed by atoms with van der Waals surface area (Å²) >= 11 is 1.23. The number of halogens is 1. The maximum absolute atomic E-state index is 14.1. The predicted octanol–water partition coefficient (Wildman–Crippen LogP) is 4.28. The molecule has 10 heteroatoms. The number of thiazole rings is 1. The van der Waals surface area contributed by atoms with E-state index in [0.717, 1.165) is 0 Å². The highest BCUT2D eigenvalue weighted by Crippen LogP contribution is 2.31. The lowest BCUT2D eigenvalue weighted by atomic mass is 10.2. The monoisotopic (exact) mass is 425 g/mol. The van der Waals surface area contributed by atoms with Gasteiger partial charge in [-0.2, -0.15) is 0 Å². The van der Waals surface area contributed by atoms with E-state index in [1.165, 1.54) is 46.6 Å². The predicted molar refractivity (Wildman–Crippen MR) is 111 cm³/mol. The van der Waals surface area contributed by atoms with Gasteiger partial charge in [-0.3, -0.25) is 19.8 Å². The molecule has 8 nitrogen and oxygen atoms in total. The Balaban J connectivity index is 1.63. The molecular formula is C20H16FN5O3S. The number of hydrogen-bond donors (Lipinski definition) is 0. The van der Waals surface area contributed by atoms with Crippen LogP contribution >= 0.6 is 11.3 Å². The van der Waals surface area contributed by atoms with Gasteiger partial charge in [-0.05, 0) is 30.7 Å². The third kappa shape index (κ3) is 4.03. The van der Waals surface area contributed by atoms with E-state index in [9.17, 15) is 19.3 Å². The Labute approximate surface area is 174 Å². The molecule has 0 saturated carbocycles. The van der Waals surface area contributed by atoms with Crippen molar-refractivity contribution in [2.75, 3.05) is 11.4 Å². The van der Waals surface area contributed by atoms with Gasteiger partial charge in [-0.25, -0.2) is 14.4 Å². The van der Waals surface area contributed by atoms with E-state index in [-0.39, 0.29) is 17.1 Å². The summed E-state index contributed by atoms with van der Waals surface area (Å²) in [6, 6.07) is 10.1. The number of nitro groups is 1. The highest BCUT2D eigenvalue weighted by molar-refractivity contribution is 7.22. The molecule has 4 rings (SSSR count). The van der Waals surface area contributed by atoms with Gasteiger partial charge in [-0.15, -0.1) is 0 Å². The number of nitro benzene ring substituents is 1. The highest BCUT2D eigenvalue weighted by Gasteiger charge is 2.22. The largest absolute Gasteiger partial charge is 0.337 e. The fraction of sp³-hybridized carbons (Fsp3) is 0.150. The van der Waals surface area contributed by atoms with Crippen LogP contribution in [-0.2, 0) is 6.54 Å². The Morgan fingerprint density at radius 2 is 2.03 bits per heavy atom. The zero-order valence-electron chi connectivity index (χ0n) is 15.6. The maximum Gasteiger partial charge on any atom is 0.269 e. The average Bonchev–Trinajstić information content (AvgIpc) is 3.41. The molecule has 2 aromatic carbocycles. The summed E-state index contributed by atoms with van der Waals surface area (Å²) in [5.41, 5.74) is 0.414. The molecule has 0 aliphatic rings. The Bertz CT molecular complexity index is 1190. The topological polar surface area (TPSA) is 94.2 Å². The van der Waals surface area contributed by atoms with Crippen molar-refractivity contribution in [3.05, 3.63) is 82.7 Å². The first-order chi connectivity index (χ1) is 14.5. The minimum Gasteiger partial charge on any atom is -0.337 e. The van der Waals surface area contributed by atoms with E-state index >= 15 is 0 Å². The third-order valence-electron chi connectivity index (χ3n) is 4.52.